The largest absolute Gasteiger partial charge is 0.497 e. The number of nitrogens with one attached hydrogen (secondary N) is 2. The molecular formula is C24H20BrN3O5. The number of ether oxygens (including phenoxy) is 2. The van der Waals surface area contributed by atoms with E-state index >= 15 is 0 Å². The first kappa shape index (κ1) is 23.7. The highest BCUT2D eigenvalue weighted by atomic mass is 79.9. The molecule has 9 heteroatoms. The topological polar surface area (TPSA) is 106 Å². The van der Waals surface area contributed by atoms with Crippen LogP contribution in [0.15, 0.2) is 76.3 Å². The second-order valence-electron chi connectivity index (χ2n) is 6.77. The van der Waals surface area contributed by atoms with E-state index in [1.807, 2.05) is 19.1 Å². The average Bonchev–Trinajstić information content (AvgIpc) is 2.81. The zero-order chi connectivity index (χ0) is 23.8. The first-order valence-electron chi connectivity index (χ1n) is 9.73. The van der Waals surface area contributed by atoms with E-state index in [1.54, 1.807) is 54.6 Å². The van der Waals surface area contributed by atoms with Gasteiger partial charge in [-0.15, -0.1) is 0 Å². The van der Waals surface area contributed by atoms with E-state index in [4.69, 9.17) is 9.47 Å². The van der Waals surface area contributed by atoms with Crippen molar-refractivity contribution in [2.75, 3.05) is 12.4 Å². The molecule has 0 aliphatic rings. The van der Waals surface area contributed by atoms with Crippen molar-refractivity contribution in [3.05, 3.63) is 87.9 Å². The highest BCUT2D eigenvalue weighted by molar-refractivity contribution is 9.10. The summed E-state index contributed by atoms with van der Waals surface area (Å²) in [5, 5.41) is 6.27. The normalized spacial score (nSPS) is 10.5. The number of carbonyl (C=O) groups excluding carboxylic acids is 3. The summed E-state index contributed by atoms with van der Waals surface area (Å²) in [4.78, 5) is 36.7. The van der Waals surface area contributed by atoms with Crippen molar-refractivity contribution < 1.29 is 23.9 Å². The molecule has 3 aromatic carbocycles. The number of nitrogens with zero attached hydrogens (tertiary/aromatic N) is 1. The van der Waals surface area contributed by atoms with Crippen LogP contribution in [-0.2, 0) is 9.59 Å². The first-order chi connectivity index (χ1) is 15.9. The quantitative estimate of drug-likeness (QED) is 0.171. The van der Waals surface area contributed by atoms with Gasteiger partial charge in [0, 0.05) is 21.8 Å². The third kappa shape index (κ3) is 6.50. The third-order valence-corrected chi connectivity index (χ3v) is 4.94. The van der Waals surface area contributed by atoms with Crippen molar-refractivity contribution in [1.29, 1.82) is 0 Å². The van der Waals surface area contributed by atoms with Crippen molar-refractivity contribution in [2.45, 2.75) is 6.92 Å². The Balaban J connectivity index is 1.67. The number of aryl methyl sites for hydroxylation is 1. The SMILES string of the molecule is COc1cccc(NC(=O)C(=O)N/N=C/c2cc(Br)ccc2OC(=O)c2ccccc2C)c1. The van der Waals surface area contributed by atoms with Crippen molar-refractivity contribution in [2.24, 2.45) is 5.10 Å². The molecule has 0 aromatic heterocycles. The number of benzene rings is 3. The van der Waals surface area contributed by atoms with Crippen LogP contribution in [0.3, 0.4) is 0 Å². The molecule has 0 saturated carbocycles. The van der Waals surface area contributed by atoms with Crippen molar-refractivity contribution in [3.63, 3.8) is 0 Å². The minimum absolute atomic E-state index is 0.241. The standard InChI is InChI=1S/C24H20BrN3O5/c1-15-6-3-4-9-20(15)24(31)33-21-11-10-17(25)12-16(21)14-26-28-23(30)22(29)27-18-7-5-8-19(13-18)32-2/h3-14H,1-2H3,(H,27,29)(H,28,30)/b26-14+. The third-order valence-electron chi connectivity index (χ3n) is 4.44. The minimum Gasteiger partial charge on any atom is -0.497 e. The molecule has 0 heterocycles. The fourth-order valence-corrected chi connectivity index (χ4v) is 3.15. The molecule has 3 rings (SSSR count). The van der Waals surface area contributed by atoms with Crippen LogP contribution in [0.2, 0.25) is 0 Å². The summed E-state index contributed by atoms with van der Waals surface area (Å²) < 4.78 is 11.3. The molecule has 33 heavy (non-hydrogen) atoms. The van der Waals surface area contributed by atoms with Gasteiger partial charge in [-0.3, -0.25) is 9.59 Å². The van der Waals surface area contributed by atoms with E-state index in [9.17, 15) is 14.4 Å². The van der Waals surface area contributed by atoms with Crippen LogP contribution in [0.1, 0.15) is 21.5 Å². The summed E-state index contributed by atoms with van der Waals surface area (Å²) in [7, 11) is 1.50. The van der Waals surface area contributed by atoms with Crippen molar-refractivity contribution in [1.82, 2.24) is 5.43 Å². The van der Waals surface area contributed by atoms with E-state index in [2.05, 4.69) is 31.8 Å². The van der Waals surface area contributed by atoms with Crippen LogP contribution in [0.4, 0.5) is 5.69 Å². The van der Waals surface area contributed by atoms with Gasteiger partial charge in [0.25, 0.3) is 0 Å². The molecular weight excluding hydrogens is 490 g/mol. The Morgan fingerprint density at radius 1 is 0.970 bits per heavy atom. The minimum atomic E-state index is -0.970. The summed E-state index contributed by atoms with van der Waals surface area (Å²) >= 11 is 3.35. The zero-order valence-corrected chi connectivity index (χ0v) is 19.4. The van der Waals surface area contributed by atoms with Crippen LogP contribution < -0.4 is 20.2 Å². The Kier molecular flexibility index (Phi) is 7.93. The fourth-order valence-electron chi connectivity index (χ4n) is 2.77. The molecule has 2 amide bonds. The van der Waals surface area contributed by atoms with E-state index in [1.165, 1.54) is 13.3 Å². The molecule has 0 radical (unpaired) electrons. The molecule has 8 nitrogen and oxygen atoms in total. The van der Waals surface area contributed by atoms with Gasteiger partial charge in [0.05, 0.1) is 18.9 Å². The Bertz CT molecular complexity index is 1230. The molecule has 0 aliphatic heterocycles. The molecule has 3 aromatic rings. The van der Waals surface area contributed by atoms with E-state index in [-0.39, 0.29) is 5.75 Å². The Morgan fingerprint density at radius 3 is 2.52 bits per heavy atom. The average molecular weight is 510 g/mol. The van der Waals surface area contributed by atoms with Crippen LogP contribution >= 0.6 is 15.9 Å². The van der Waals surface area contributed by atoms with E-state index in [0.717, 1.165) is 5.56 Å². The second-order valence-corrected chi connectivity index (χ2v) is 7.69. The second kappa shape index (κ2) is 11.1. The number of hydrogen-bond acceptors (Lipinski definition) is 6. The summed E-state index contributed by atoms with van der Waals surface area (Å²) in [5.41, 5.74) is 4.19. The highest BCUT2D eigenvalue weighted by Crippen LogP contribution is 2.23. The Labute approximate surface area is 198 Å². The molecule has 0 aliphatic carbocycles. The maximum absolute atomic E-state index is 12.6. The van der Waals surface area contributed by atoms with Crippen LogP contribution in [0.25, 0.3) is 0 Å². The first-order valence-corrected chi connectivity index (χ1v) is 10.5. The van der Waals surface area contributed by atoms with Gasteiger partial charge in [0.1, 0.15) is 11.5 Å². The highest BCUT2D eigenvalue weighted by Gasteiger charge is 2.15. The number of rotatable bonds is 6. The van der Waals surface area contributed by atoms with Crippen LogP contribution in [0.5, 0.6) is 11.5 Å². The lowest BCUT2D eigenvalue weighted by atomic mass is 10.1. The molecule has 0 atom stereocenters. The lowest BCUT2D eigenvalue weighted by Gasteiger charge is -2.09. The van der Waals surface area contributed by atoms with Gasteiger partial charge in [-0.25, -0.2) is 10.2 Å². The molecule has 0 fully saturated rings. The molecule has 0 unspecified atom stereocenters. The molecule has 168 valence electrons. The van der Waals surface area contributed by atoms with Gasteiger partial charge in [0.15, 0.2) is 0 Å². The molecule has 0 spiro atoms. The van der Waals surface area contributed by atoms with Crippen molar-refractivity contribution >= 4 is 45.6 Å². The number of carbonyl (C=O) groups is 3. The smallest absolute Gasteiger partial charge is 0.343 e. The van der Waals surface area contributed by atoms with Gasteiger partial charge in [-0.2, -0.15) is 5.10 Å². The fraction of sp³-hybridized carbons (Fsp3) is 0.0833. The summed E-state index contributed by atoms with van der Waals surface area (Å²) in [6, 6.07) is 18.6. The number of hydrogen-bond donors (Lipinski definition) is 2. The number of anilines is 1. The van der Waals surface area contributed by atoms with Crippen LogP contribution in [0, 0.1) is 6.92 Å². The predicted octanol–water partition coefficient (Wildman–Crippen LogP) is 4.07. The van der Waals surface area contributed by atoms with Gasteiger partial charge in [-0.1, -0.05) is 40.2 Å². The Morgan fingerprint density at radius 2 is 1.76 bits per heavy atom. The van der Waals surface area contributed by atoms with E-state index < -0.39 is 17.8 Å². The molecule has 0 saturated heterocycles. The molecule has 2 N–H and O–H groups in total. The number of hydrazone groups is 1. The Hall–Kier alpha value is -3.98. The van der Waals surface area contributed by atoms with Crippen molar-refractivity contribution in [3.8, 4) is 11.5 Å². The number of esters is 1. The van der Waals surface area contributed by atoms with Gasteiger partial charge >= 0.3 is 17.8 Å². The lowest BCUT2D eigenvalue weighted by Crippen LogP contribution is -2.32. The van der Waals surface area contributed by atoms with Crippen LogP contribution in [-0.4, -0.2) is 31.1 Å². The van der Waals surface area contributed by atoms with Gasteiger partial charge < -0.3 is 14.8 Å². The van der Waals surface area contributed by atoms with E-state index in [0.29, 0.717) is 27.0 Å². The zero-order valence-electron chi connectivity index (χ0n) is 17.8. The van der Waals surface area contributed by atoms with Gasteiger partial charge in [0.2, 0.25) is 0 Å². The summed E-state index contributed by atoms with van der Waals surface area (Å²) in [6.45, 7) is 1.81. The molecule has 0 bridgehead atoms. The maximum Gasteiger partial charge on any atom is 0.343 e. The maximum atomic E-state index is 12.6. The summed E-state index contributed by atoms with van der Waals surface area (Å²) in [5.74, 6) is -1.62. The lowest BCUT2D eigenvalue weighted by molar-refractivity contribution is -0.136. The number of methoxy groups -OCH3 is 1. The monoisotopic (exact) mass is 509 g/mol. The number of amides is 2. The predicted molar refractivity (Wildman–Crippen MR) is 128 cm³/mol. The summed E-state index contributed by atoms with van der Waals surface area (Å²) in [6.07, 6.45) is 1.28. The number of halogens is 1. The van der Waals surface area contributed by atoms with Gasteiger partial charge in [-0.05, 0) is 48.9 Å².